The van der Waals surface area contributed by atoms with Crippen LogP contribution in [0.1, 0.15) is 24.2 Å². The maximum absolute atomic E-state index is 13.1. The normalized spacial score (nSPS) is 12.5. The Morgan fingerprint density at radius 2 is 2.11 bits per heavy atom. The molecule has 0 radical (unpaired) electrons. The zero-order valence-electron chi connectivity index (χ0n) is 10.1. The summed E-state index contributed by atoms with van der Waals surface area (Å²) in [5.74, 6) is 0.0585. The summed E-state index contributed by atoms with van der Waals surface area (Å²) < 4.78 is 13.1. The summed E-state index contributed by atoms with van der Waals surface area (Å²) in [5.41, 5.74) is 8.19. The lowest BCUT2D eigenvalue weighted by Crippen LogP contribution is -2.09. The van der Waals surface area contributed by atoms with Crippen LogP contribution in [0.15, 0.2) is 24.4 Å². The van der Waals surface area contributed by atoms with E-state index in [-0.39, 0.29) is 11.1 Å². The minimum Gasteiger partial charge on any atom is -0.324 e. The van der Waals surface area contributed by atoms with Crippen molar-refractivity contribution < 1.29 is 4.39 Å². The predicted octanol–water partition coefficient (Wildman–Crippen LogP) is 3.26. The number of hydrogen-bond acceptors (Lipinski definition) is 3. The molecule has 1 aromatic heterocycles. The second kappa shape index (κ2) is 5.00. The highest BCUT2D eigenvalue weighted by molar-refractivity contribution is 6.31. The van der Waals surface area contributed by atoms with Crippen molar-refractivity contribution in [3.8, 4) is 11.4 Å². The molecular weight excluding hydrogens is 253 g/mol. The molecule has 1 aromatic carbocycles. The van der Waals surface area contributed by atoms with Crippen molar-refractivity contribution in [2.45, 2.75) is 19.9 Å². The van der Waals surface area contributed by atoms with Crippen LogP contribution < -0.4 is 5.73 Å². The van der Waals surface area contributed by atoms with Gasteiger partial charge in [-0.05, 0) is 32.0 Å². The van der Waals surface area contributed by atoms with Crippen LogP contribution in [0.4, 0.5) is 4.39 Å². The van der Waals surface area contributed by atoms with Crippen molar-refractivity contribution in [2.24, 2.45) is 5.73 Å². The number of hydrogen-bond donors (Lipinski definition) is 1. The van der Waals surface area contributed by atoms with Gasteiger partial charge in [-0.1, -0.05) is 11.6 Å². The first-order chi connectivity index (χ1) is 8.49. The van der Waals surface area contributed by atoms with Gasteiger partial charge in [-0.2, -0.15) is 0 Å². The van der Waals surface area contributed by atoms with Gasteiger partial charge in [-0.25, -0.2) is 14.4 Å². The maximum atomic E-state index is 13.1. The molecule has 0 aliphatic heterocycles. The van der Waals surface area contributed by atoms with Gasteiger partial charge >= 0.3 is 0 Å². The van der Waals surface area contributed by atoms with Crippen LogP contribution in [-0.4, -0.2) is 9.97 Å². The highest BCUT2D eigenvalue weighted by Gasteiger charge is 2.10. The Kier molecular flexibility index (Phi) is 3.59. The minimum atomic E-state index is -0.454. The Hall–Kier alpha value is -1.52. The lowest BCUT2D eigenvalue weighted by atomic mass is 10.1. The number of halogens is 2. The van der Waals surface area contributed by atoms with E-state index in [0.29, 0.717) is 11.4 Å². The number of benzene rings is 1. The van der Waals surface area contributed by atoms with Gasteiger partial charge in [0.25, 0.3) is 0 Å². The molecule has 0 fully saturated rings. The van der Waals surface area contributed by atoms with Crippen LogP contribution in [0.2, 0.25) is 5.02 Å². The molecule has 1 atom stereocenters. The van der Waals surface area contributed by atoms with E-state index in [1.807, 2.05) is 13.8 Å². The second-order valence-corrected chi connectivity index (χ2v) is 4.56. The molecular formula is C13H13ClFN3. The molecule has 0 unspecified atom stereocenters. The molecule has 2 N–H and O–H groups in total. The van der Waals surface area contributed by atoms with E-state index in [4.69, 9.17) is 17.3 Å². The van der Waals surface area contributed by atoms with Gasteiger partial charge in [0.1, 0.15) is 5.82 Å². The summed E-state index contributed by atoms with van der Waals surface area (Å²) in [6.45, 7) is 3.75. The molecule has 0 amide bonds. The van der Waals surface area contributed by atoms with Crippen LogP contribution >= 0.6 is 11.6 Å². The topological polar surface area (TPSA) is 51.8 Å². The highest BCUT2D eigenvalue weighted by Crippen LogP contribution is 2.23. The Labute approximate surface area is 110 Å². The smallest absolute Gasteiger partial charge is 0.159 e. The highest BCUT2D eigenvalue weighted by atomic mass is 35.5. The third-order valence-corrected chi connectivity index (χ3v) is 2.98. The molecule has 0 saturated heterocycles. The Morgan fingerprint density at radius 1 is 1.39 bits per heavy atom. The average Bonchev–Trinajstić information content (AvgIpc) is 2.32. The third kappa shape index (κ3) is 2.49. The molecule has 0 bridgehead atoms. The molecule has 18 heavy (non-hydrogen) atoms. The largest absolute Gasteiger partial charge is 0.324 e. The Bertz CT molecular complexity index is 584. The molecule has 1 heterocycles. The van der Waals surface area contributed by atoms with Crippen LogP contribution in [0.5, 0.6) is 0 Å². The number of rotatable bonds is 2. The molecule has 2 rings (SSSR count). The second-order valence-electron chi connectivity index (χ2n) is 4.15. The lowest BCUT2D eigenvalue weighted by molar-refractivity contribution is 0.628. The van der Waals surface area contributed by atoms with Crippen LogP contribution in [0.25, 0.3) is 11.4 Å². The zero-order chi connectivity index (χ0) is 13.3. The number of nitrogens with two attached hydrogens (primary N) is 1. The summed E-state index contributed by atoms with van der Waals surface area (Å²) in [6.07, 6.45) is 1.69. The number of aromatic nitrogens is 2. The number of nitrogens with zero attached hydrogens (tertiary/aromatic N) is 2. The lowest BCUT2D eigenvalue weighted by Gasteiger charge is -2.10. The molecule has 0 spiro atoms. The van der Waals surface area contributed by atoms with Gasteiger partial charge in [0.2, 0.25) is 0 Å². The molecule has 0 aliphatic carbocycles. The molecule has 0 saturated carbocycles. The van der Waals surface area contributed by atoms with Crippen molar-refractivity contribution in [3.63, 3.8) is 0 Å². The van der Waals surface area contributed by atoms with E-state index in [2.05, 4.69) is 9.97 Å². The fourth-order valence-electron chi connectivity index (χ4n) is 1.70. The standard InChI is InChI=1S/C13H13ClFN3/c1-7(16)10-6-17-13(18-8(10)2)9-3-4-12(15)11(14)5-9/h3-7H,16H2,1-2H3/t7-/m1/s1. The van der Waals surface area contributed by atoms with Gasteiger partial charge in [0, 0.05) is 29.1 Å². The van der Waals surface area contributed by atoms with Gasteiger partial charge in [0.05, 0.1) is 5.02 Å². The van der Waals surface area contributed by atoms with Crippen molar-refractivity contribution in [3.05, 3.63) is 46.5 Å². The molecule has 5 heteroatoms. The summed E-state index contributed by atoms with van der Waals surface area (Å²) in [7, 11) is 0. The van der Waals surface area contributed by atoms with Crippen LogP contribution in [0, 0.1) is 12.7 Å². The molecule has 0 aliphatic rings. The fourth-order valence-corrected chi connectivity index (χ4v) is 1.88. The SMILES string of the molecule is Cc1nc(-c2ccc(F)c(Cl)c2)ncc1[C@@H](C)N. The van der Waals surface area contributed by atoms with Crippen molar-refractivity contribution in [1.82, 2.24) is 9.97 Å². The summed E-state index contributed by atoms with van der Waals surface area (Å²) in [4.78, 5) is 8.59. The first kappa shape index (κ1) is 12.9. The van der Waals surface area contributed by atoms with Gasteiger partial charge in [-0.3, -0.25) is 0 Å². The van der Waals surface area contributed by atoms with E-state index in [0.717, 1.165) is 11.3 Å². The summed E-state index contributed by atoms with van der Waals surface area (Å²) in [6, 6.07) is 4.30. The minimum absolute atomic E-state index is 0.0602. The predicted molar refractivity (Wildman–Crippen MR) is 69.8 cm³/mol. The quantitative estimate of drug-likeness (QED) is 0.907. The van der Waals surface area contributed by atoms with E-state index < -0.39 is 5.82 Å². The maximum Gasteiger partial charge on any atom is 0.159 e. The van der Waals surface area contributed by atoms with Crippen molar-refractivity contribution in [1.29, 1.82) is 0 Å². The van der Waals surface area contributed by atoms with E-state index in [1.54, 1.807) is 12.3 Å². The first-order valence-electron chi connectivity index (χ1n) is 5.53. The third-order valence-electron chi connectivity index (χ3n) is 2.69. The zero-order valence-corrected chi connectivity index (χ0v) is 10.9. The molecule has 2 aromatic rings. The molecule has 3 nitrogen and oxygen atoms in total. The van der Waals surface area contributed by atoms with Gasteiger partial charge < -0.3 is 5.73 Å². The van der Waals surface area contributed by atoms with E-state index in [1.165, 1.54) is 12.1 Å². The van der Waals surface area contributed by atoms with Crippen molar-refractivity contribution >= 4 is 11.6 Å². The monoisotopic (exact) mass is 265 g/mol. The summed E-state index contributed by atoms with van der Waals surface area (Å²) >= 11 is 5.73. The van der Waals surface area contributed by atoms with Crippen LogP contribution in [0.3, 0.4) is 0 Å². The Balaban J connectivity index is 2.45. The fraction of sp³-hybridized carbons (Fsp3) is 0.231. The average molecular weight is 266 g/mol. The number of aryl methyl sites for hydroxylation is 1. The van der Waals surface area contributed by atoms with Crippen molar-refractivity contribution in [2.75, 3.05) is 0 Å². The Morgan fingerprint density at radius 3 is 2.67 bits per heavy atom. The van der Waals surface area contributed by atoms with E-state index >= 15 is 0 Å². The van der Waals surface area contributed by atoms with Gasteiger partial charge in [-0.15, -0.1) is 0 Å². The first-order valence-corrected chi connectivity index (χ1v) is 5.91. The molecule has 94 valence electrons. The van der Waals surface area contributed by atoms with E-state index in [9.17, 15) is 4.39 Å². The van der Waals surface area contributed by atoms with Gasteiger partial charge in [0.15, 0.2) is 5.82 Å². The van der Waals surface area contributed by atoms with Crippen LogP contribution in [-0.2, 0) is 0 Å². The summed E-state index contributed by atoms with van der Waals surface area (Å²) in [5, 5.41) is 0.0602.